The summed E-state index contributed by atoms with van der Waals surface area (Å²) < 4.78 is 0. The van der Waals surface area contributed by atoms with Gasteiger partial charge in [-0.2, -0.15) is 0 Å². The first-order valence-corrected chi connectivity index (χ1v) is 2.28. The van der Waals surface area contributed by atoms with Crippen molar-refractivity contribution in [1.82, 2.24) is 0 Å². The van der Waals surface area contributed by atoms with Crippen molar-refractivity contribution in [3.8, 4) is 0 Å². The first-order chi connectivity index (χ1) is 2.77. The maximum atomic E-state index is 8.33. The summed E-state index contributed by atoms with van der Waals surface area (Å²) in [4.78, 5) is 0. The summed E-state index contributed by atoms with van der Waals surface area (Å²) in [5.74, 6) is 0. The molecule has 0 fully saturated rings. The third-order valence-corrected chi connectivity index (χ3v) is 0.537. The molecule has 2 heteroatoms. The van der Waals surface area contributed by atoms with E-state index in [9.17, 15) is 0 Å². The van der Waals surface area contributed by atoms with Crippen molar-refractivity contribution in [1.29, 1.82) is 0 Å². The normalized spacial score (nSPS) is 15.8. The first-order valence-electron chi connectivity index (χ1n) is 1.76. The lowest BCUT2D eigenvalue weighted by Crippen LogP contribution is -1.85. The zero-order chi connectivity index (χ0) is 4.99. The van der Waals surface area contributed by atoms with Gasteiger partial charge in [-0.3, -0.25) is 0 Å². The summed E-state index contributed by atoms with van der Waals surface area (Å²) in [6, 6.07) is 0. The van der Waals surface area contributed by atoms with Crippen LogP contribution < -0.4 is 0 Å². The van der Waals surface area contributed by atoms with Crippen LogP contribution in [0.4, 0.5) is 0 Å². The minimum Gasteiger partial charge on any atom is -0.379 e. The molecule has 0 aliphatic carbocycles. The van der Waals surface area contributed by atoms with E-state index in [1.54, 1.807) is 12.2 Å². The standard InChI is InChI=1S/C4H8OS/c1-2-3-4(5)6/h2-6H,1H3. The van der Waals surface area contributed by atoms with E-state index in [2.05, 4.69) is 12.6 Å². The van der Waals surface area contributed by atoms with E-state index in [-0.39, 0.29) is 0 Å². The van der Waals surface area contributed by atoms with Crippen molar-refractivity contribution in [2.24, 2.45) is 0 Å². The van der Waals surface area contributed by atoms with E-state index in [0.717, 1.165) is 0 Å². The average molecular weight is 104 g/mol. The quantitative estimate of drug-likeness (QED) is 0.286. The molecule has 0 saturated carbocycles. The van der Waals surface area contributed by atoms with E-state index in [1.807, 2.05) is 6.92 Å². The summed E-state index contributed by atoms with van der Waals surface area (Å²) in [6.07, 6.45) is 3.33. The van der Waals surface area contributed by atoms with Crippen molar-refractivity contribution in [2.75, 3.05) is 0 Å². The second-order valence-electron chi connectivity index (χ2n) is 0.939. The highest BCUT2D eigenvalue weighted by atomic mass is 32.1. The largest absolute Gasteiger partial charge is 0.379 e. The minimum atomic E-state index is -0.588. The van der Waals surface area contributed by atoms with Gasteiger partial charge in [0.15, 0.2) is 0 Å². The maximum Gasteiger partial charge on any atom is 0.115 e. The molecule has 1 atom stereocenters. The summed E-state index contributed by atoms with van der Waals surface area (Å²) >= 11 is 3.65. The molecule has 0 saturated heterocycles. The van der Waals surface area contributed by atoms with Crippen LogP contribution in [0.3, 0.4) is 0 Å². The van der Waals surface area contributed by atoms with E-state index >= 15 is 0 Å². The SMILES string of the molecule is CC=CC(O)S. The summed E-state index contributed by atoms with van der Waals surface area (Å²) in [5.41, 5.74) is -0.588. The van der Waals surface area contributed by atoms with Gasteiger partial charge in [-0.15, -0.1) is 12.6 Å². The molecule has 1 unspecified atom stereocenters. The van der Waals surface area contributed by atoms with E-state index in [4.69, 9.17) is 5.11 Å². The van der Waals surface area contributed by atoms with Gasteiger partial charge in [0.1, 0.15) is 5.44 Å². The van der Waals surface area contributed by atoms with Gasteiger partial charge in [-0.05, 0) is 6.92 Å². The number of rotatable bonds is 1. The maximum absolute atomic E-state index is 8.33. The molecule has 6 heavy (non-hydrogen) atoms. The molecule has 1 nitrogen and oxygen atoms in total. The molecule has 0 radical (unpaired) electrons. The number of aliphatic hydroxyl groups is 1. The summed E-state index contributed by atoms with van der Waals surface area (Å²) in [6.45, 7) is 1.83. The van der Waals surface area contributed by atoms with Crippen LogP contribution in [0.2, 0.25) is 0 Å². The molecule has 0 rings (SSSR count). The Labute approximate surface area is 43.1 Å². The van der Waals surface area contributed by atoms with Crippen molar-refractivity contribution in [2.45, 2.75) is 12.4 Å². The molecule has 0 aliphatic heterocycles. The number of aliphatic hydroxyl groups excluding tert-OH is 1. The molecule has 0 aromatic carbocycles. The predicted molar refractivity (Wildman–Crippen MR) is 29.8 cm³/mol. The Morgan fingerprint density at radius 3 is 2.33 bits per heavy atom. The lowest BCUT2D eigenvalue weighted by molar-refractivity contribution is 0.312. The average Bonchev–Trinajstić information content (AvgIpc) is 1.35. The minimum absolute atomic E-state index is 0.588. The van der Waals surface area contributed by atoms with Crippen LogP contribution in [0.5, 0.6) is 0 Å². The van der Waals surface area contributed by atoms with Crippen LogP contribution in [-0.4, -0.2) is 10.5 Å². The van der Waals surface area contributed by atoms with E-state index < -0.39 is 5.44 Å². The first kappa shape index (κ1) is 6.05. The number of thiol groups is 1. The van der Waals surface area contributed by atoms with Crippen LogP contribution in [0.15, 0.2) is 12.2 Å². The molecule has 0 bridgehead atoms. The van der Waals surface area contributed by atoms with Crippen LogP contribution >= 0.6 is 12.6 Å². The van der Waals surface area contributed by atoms with Crippen LogP contribution in [-0.2, 0) is 0 Å². The lowest BCUT2D eigenvalue weighted by Gasteiger charge is -1.86. The Kier molecular flexibility index (Phi) is 3.28. The molecule has 0 aromatic heterocycles. The number of hydrogen-bond donors (Lipinski definition) is 2. The molecule has 0 spiro atoms. The Bertz CT molecular complexity index is 49.5. The molecule has 0 amide bonds. The van der Waals surface area contributed by atoms with Gasteiger partial charge in [-0.1, -0.05) is 12.2 Å². The highest BCUT2D eigenvalue weighted by Crippen LogP contribution is 1.87. The van der Waals surface area contributed by atoms with Gasteiger partial charge < -0.3 is 5.11 Å². The van der Waals surface area contributed by atoms with E-state index in [0.29, 0.717) is 0 Å². The van der Waals surface area contributed by atoms with Crippen LogP contribution in [0, 0.1) is 0 Å². The Hall–Kier alpha value is 0.0500. The lowest BCUT2D eigenvalue weighted by atomic mass is 10.6. The van der Waals surface area contributed by atoms with Crippen LogP contribution in [0.25, 0.3) is 0 Å². The van der Waals surface area contributed by atoms with Gasteiger partial charge in [0, 0.05) is 0 Å². The Morgan fingerprint density at radius 1 is 1.83 bits per heavy atom. The summed E-state index contributed by atoms with van der Waals surface area (Å²) in [7, 11) is 0. The molecule has 0 aliphatic rings. The number of allylic oxidation sites excluding steroid dienone is 1. The fourth-order valence-electron chi connectivity index (χ4n) is 0.172. The second kappa shape index (κ2) is 3.25. The third-order valence-electron chi connectivity index (χ3n) is 0.365. The third kappa shape index (κ3) is 4.05. The fourth-order valence-corrected chi connectivity index (χ4v) is 0.344. The van der Waals surface area contributed by atoms with Gasteiger partial charge >= 0.3 is 0 Å². The van der Waals surface area contributed by atoms with Crippen molar-refractivity contribution in [3.63, 3.8) is 0 Å². The predicted octanol–water partition coefficient (Wildman–Crippen LogP) is 0.811. The van der Waals surface area contributed by atoms with Gasteiger partial charge in [0.25, 0.3) is 0 Å². The van der Waals surface area contributed by atoms with Crippen LogP contribution in [0.1, 0.15) is 6.92 Å². The topological polar surface area (TPSA) is 20.2 Å². The Balaban J connectivity index is 3.03. The number of hydrogen-bond acceptors (Lipinski definition) is 2. The highest BCUT2D eigenvalue weighted by molar-refractivity contribution is 7.80. The molecule has 1 N–H and O–H groups in total. The Morgan fingerprint density at radius 2 is 2.33 bits per heavy atom. The van der Waals surface area contributed by atoms with E-state index in [1.165, 1.54) is 0 Å². The highest BCUT2D eigenvalue weighted by Gasteiger charge is 1.79. The fraction of sp³-hybridized carbons (Fsp3) is 0.500. The molecule has 0 aromatic rings. The molecular formula is C4H8OS. The molecule has 36 valence electrons. The summed E-state index contributed by atoms with van der Waals surface area (Å²) in [5, 5.41) is 8.33. The van der Waals surface area contributed by atoms with Gasteiger partial charge in [0.05, 0.1) is 0 Å². The molecule has 0 heterocycles. The zero-order valence-corrected chi connectivity index (χ0v) is 4.52. The second-order valence-corrected chi connectivity index (χ2v) is 1.47. The van der Waals surface area contributed by atoms with Gasteiger partial charge in [0.2, 0.25) is 0 Å². The monoisotopic (exact) mass is 104 g/mol. The molecular weight excluding hydrogens is 96.1 g/mol. The van der Waals surface area contributed by atoms with Gasteiger partial charge in [-0.25, -0.2) is 0 Å². The van der Waals surface area contributed by atoms with Crippen molar-refractivity contribution in [3.05, 3.63) is 12.2 Å². The van der Waals surface area contributed by atoms with Crippen molar-refractivity contribution < 1.29 is 5.11 Å². The smallest absolute Gasteiger partial charge is 0.115 e. The zero-order valence-electron chi connectivity index (χ0n) is 3.63. The van der Waals surface area contributed by atoms with Crippen molar-refractivity contribution >= 4 is 12.6 Å².